The van der Waals surface area contributed by atoms with Crippen LogP contribution in [0.2, 0.25) is 5.02 Å². The standard InChI is InChI=1S/C27H29ClN2O3S/c1-4-18-8-10-22(11-9-18)33-17-24-23-16-26(32-3)25(31-2)14-19(23)12-13-30(24)27(34)29-21-7-5-6-20(28)15-21/h5-11,14-16,24H,4,12-13,17H2,1-3H3,(H,29,34). The smallest absolute Gasteiger partial charge is 0.174 e. The molecule has 0 aliphatic carbocycles. The van der Waals surface area contributed by atoms with Crippen molar-refractivity contribution in [2.75, 3.05) is 32.7 Å². The molecule has 0 fully saturated rings. The number of halogens is 1. The molecule has 0 spiro atoms. The molecule has 0 radical (unpaired) electrons. The Bertz CT molecular complexity index is 1150. The van der Waals surface area contributed by atoms with Gasteiger partial charge in [-0.2, -0.15) is 0 Å². The summed E-state index contributed by atoms with van der Waals surface area (Å²) < 4.78 is 17.4. The number of fused-ring (bicyclic) bond motifs is 1. The first-order chi connectivity index (χ1) is 16.5. The molecule has 0 aromatic heterocycles. The van der Waals surface area contributed by atoms with E-state index < -0.39 is 0 Å². The van der Waals surface area contributed by atoms with Crippen molar-refractivity contribution in [2.45, 2.75) is 25.8 Å². The molecule has 1 aliphatic rings. The summed E-state index contributed by atoms with van der Waals surface area (Å²) >= 11 is 12.0. The fraction of sp³-hybridized carbons (Fsp3) is 0.296. The van der Waals surface area contributed by atoms with E-state index in [0.29, 0.717) is 22.5 Å². The fourth-order valence-electron chi connectivity index (χ4n) is 4.21. The number of aryl methyl sites for hydroxylation is 1. The van der Waals surface area contributed by atoms with Gasteiger partial charge in [0.15, 0.2) is 16.6 Å². The molecule has 5 nitrogen and oxygen atoms in total. The van der Waals surface area contributed by atoms with E-state index in [-0.39, 0.29) is 6.04 Å². The van der Waals surface area contributed by atoms with Gasteiger partial charge in [-0.15, -0.1) is 0 Å². The minimum Gasteiger partial charge on any atom is -0.493 e. The molecule has 1 atom stereocenters. The molecule has 34 heavy (non-hydrogen) atoms. The largest absolute Gasteiger partial charge is 0.493 e. The van der Waals surface area contributed by atoms with E-state index >= 15 is 0 Å². The Balaban J connectivity index is 1.63. The number of rotatable bonds is 7. The van der Waals surface area contributed by atoms with Crippen LogP contribution in [0.15, 0.2) is 60.7 Å². The van der Waals surface area contributed by atoms with E-state index in [1.54, 1.807) is 14.2 Å². The van der Waals surface area contributed by atoms with Crippen LogP contribution in [0.1, 0.15) is 29.7 Å². The zero-order valence-electron chi connectivity index (χ0n) is 19.6. The van der Waals surface area contributed by atoms with Crippen LogP contribution in [0.4, 0.5) is 5.69 Å². The van der Waals surface area contributed by atoms with Gasteiger partial charge >= 0.3 is 0 Å². The van der Waals surface area contributed by atoms with Gasteiger partial charge in [-0.3, -0.25) is 0 Å². The lowest BCUT2D eigenvalue weighted by atomic mass is 9.92. The highest BCUT2D eigenvalue weighted by molar-refractivity contribution is 7.80. The highest BCUT2D eigenvalue weighted by atomic mass is 35.5. The predicted molar refractivity (Wildman–Crippen MR) is 142 cm³/mol. The van der Waals surface area contributed by atoms with Crippen molar-refractivity contribution in [3.8, 4) is 17.2 Å². The van der Waals surface area contributed by atoms with Gasteiger partial charge in [0.1, 0.15) is 12.4 Å². The summed E-state index contributed by atoms with van der Waals surface area (Å²) in [4.78, 5) is 2.17. The van der Waals surface area contributed by atoms with Crippen LogP contribution >= 0.6 is 23.8 Å². The molecule has 1 heterocycles. The van der Waals surface area contributed by atoms with Gasteiger partial charge in [-0.25, -0.2) is 0 Å². The Hall–Kier alpha value is -2.96. The highest BCUT2D eigenvalue weighted by Gasteiger charge is 2.31. The van der Waals surface area contributed by atoms with Crippen molar-refractivity contribution in [1.29, 1.82) is 0 Å². The number of benzene rings is 3. The molecule has 0 amide bonds. The Labute approximate surface area is 211 Å². The first-order valence-corrected chi connectivity index (χ1v) is 12.1. The van der Waals surface area contributed by atoms with E-state index in [1.807, 2.05) is 42.5 Å². The van der Waals surface area contributed by atoms with Crippen molar-refractivity contribution in [1.82, 2.24) is 4.90 Å². The van der Waals surface area contributed by atoms with E-state index in [1.165, 1.54) is 11.1 Å². The zero-order valence-corrected chi connectivity index (χ0v) is 21.2. The van der Waals surface area contributed by atoms with Crippen molar-refractivity contribution in [2.24, 2.45) is 0 Å². The van der Waals surface area contributed by atoms with Crippen LogP contribution in [0, 0.1) is 0 Å². The summed E-state index contributed by atoms with van der Waals surface area (Å²) in [5.41, 5.74) is 4.45. The third kappa shape index (κ3) is 5.40. The van der Waals surface area contributed by atoms with Gasteiger partial charge < -0.3 is 24.4 Å². The van der Waals surface area contributed by atoms with E-state index in [2.05, 4.69) is 35.3 Å². The van der Waals surface area contributed by atoms with Crippen LogP contribution in [0.3, 0.4) is 0 Å². The summed E-state index contributed by atoms with van der Waals surface area (Å²) in [6, 6.07) is 19.8. The number of nitrogens with one attached hydrogen (secondary N) is 1. The minimum absolute atomic E-state index is 0.103. The van der Waals surface area contributed by atoms with Crippen molar-refractivity contribution < 1.29 is 14.2 Å². The SMILES string of the molecule is CCc1ccc(OCC2c3cc(OC)c(OC)cc3CCN2C(=S)Nc2cccc(Cl)c2)cc1. The maximum Gasteiger partial charge on any atom is 0.174 e. The topological polar surface area (TPSA) is 43.0 Å². The van der Waals surface area contributed by atoms with Gasteiger partial charge in [0.2, 0.25) is 0 Å². The average molecular weight is 497 g/mol. The van der Waals surface area contributed by atoms with Crippen molar-refractivity contribution >= 4 is 34.6 Å². The monoisotopic (exact) mass is 496 g/mol. The van der Waals surface area contributed by atoms with Crippen LogP contribution in [0.25, 0.3) is 0 Å². The molecule has 0 saturated carbocycles. The molecular formula is C27H29ClN2O3S. The van der Waals surface area contributed by atoms with Crippen LogP contribution < -0.4 is 19.5 Å². The quantitative estimate of drug-likeness (QED) is 0.387. The second kappa shape index (κ2) is 11.0. The maximum absolute atomic E-state index is 6.26. The van der Waals surface area contributed by atoms with Gasteiger partial charge in [0.25, 0.3) is 0 Å². The summed E-state index contributed by atoms with van der Waals surface area (Å²) in [6.07, 6.45) is 1.82. The van der Waals surface area contributed by atoms with Crippen LogP contribution in [-0.4, -0.2) is 37.4 Å². The number of ether oxygens (including phenoxy) is 3. The first kappa shape index (κ1) is 24.2. The third-order valence-corrected chi connectivity index (χ3v) is 6.65. The molecule has 7 heteroatoms. The Morgan fingerprint density at radius 3 is 2.47 bits per heavy atom. The van der Waals surface area contributed by atoms with Crippen LogP contribution in [-0.2, 0) is 12.8 Å². The van der Waals surface area contributed by atoms with E-state index in [0.717, 1.165) is 42.1 Å². The Kier molecular flexibility index (Phi) is 7.80. The normalized spacial score (nSPS) is 14.8. The second-order valence-electron chi connectivity index (χ2n) is 8.11. The molecule has 178 valence electrons. The maximum atomic E-state index is 6.26. The molecule has 1 N–H and O–H groups in total. The number of nitrogens with zero attached hydrogens (tertiary/aromatic N) is 1. The molecule has 3 aromatic carbocycles. The fourth-order valence-corrected chi connectivity index (χ4v) is 4.74. The van der Waals surface area contributed by atoms with Gasteiger partial charge in [-0.05, 0) is 84.2 Å². The first-order valence-electron chi connectivity index (χ1n) is 11.3. The lowest BCUT2D eigenvalue weighted by Gasteiger charge is -2.39. The Morgan fingerprint density at radius 2 is 1.79 bits per heavy atom. The lowest BCUT2D eigenvalue weighted by Crippen LogP contribution is -2.44. The molecule has 1 aliphatic heterocycles. The zero-order chi connectivity index (χ0) is 24.1. The second-order valence-corrected chi connectivity index (χ2v) is 8.94. The Morgan fingerprint density at radius 1 is 1.06 bits per heavy atom. The van der Waals surface area contributed by atoms with E-state index in [4.69, 9.17) is 38.0 Å². The number of methoxy groups -OCH3 is 2. The number of thiocarbonyl (C=S) groups is 1. The number of hydrogen-bond acceptors (Lipinski definition) is 4. The van der Waals surface area contributed by atoms with Gasteiger partial charge in [0, 0.05) is 17.3 Å². The molecule has 3 aromatic rings. The summed E-state index contributed by atoms with van der Waals surface area (Å²) in [5, 5.41) is 4.62. The van der Waals surface area contributed by atoms with Crippen molar-refractivity contribution in [3.63, 3.8) is 0 Å². The van der Waals surface area contributed by atoms with Crippen molar-refractivity contribution in [3.05, 3.63) is 82.4 Å². The average Bonchev–Trinajstić information content (AvgIpc) is 2.86. The van der Waals surface area contributed by atoms with E-state index in [9.17, 15) is 0 Å². The van der Waals surface area contributed by atoms with Crippen LogP contribution in [0.5, 0.6) is 17.2 Å². The third-order valence-electron chi connectivity index (χ3n) is 6.08. The molecule has 1 unspecified atom stereocenters. The summed E-state index contributed by atoms with van der Waals surface area (Å²) in [6.45, 7) is 3.32. The van der Waals surface area contributed by atoms with Gasteiger partial charge in [-0.1, -0.05) is 36.7 Å². The highest BCUT2D eigenvalue weighted by Crippen LogP contribution is 2.38. The molecule has 0 saturated heterocycles. The van der Waals surface area contributed by atoms with Gasteiger partial charge in [0.05, 0.1) is 20.3 Å². The summed E-state index contributed by atoms with van der Waals surface area (Å²) in [7, 11) is 3.31. The lowest BCUT2D eigenvalue weighted by molar-refractivity contribution is 0.190. The number of anilines is 1. The minimum atomic E-state index is -0.103. The molecular weight excluding hydrogens is 468 g/mol. The number of hydrogen-bond donors (Lipinski definition) is 1. The summed E-state index contributed by atoms with van der Waals surface area (Å²) in [5.74, 6) is 2.25. The predicted octanol–water partition coefficient (Wildman–Crippen LogP) is 6.29. The molecule has 4 rings (SSSR count). The molecule has 0 bridgehead atoms.